The van der Waals surface area contributed by atoms with E-state index in [1.165, 1.54) is 12.1 Å². The number of halogens is 1. The average Bonchev–Trinajstić information content (AvgIpc) is 2.68. The zero-order valence-electron chi connectivity index (χ0n) is 8.10. The molecule has 1 heterocycles. The largest absolute Gasteiger partial charge is 0.329 e. The van der Waals surface area contributed by atoms with Crippen LogP contribution in [0, 0.1) is 5.82 Å². The van der Waals surface area contributed by atoms with Gasteiger partial charge in [-0.2, -0.15) is 5.10 Å². The van der Waals surface area contributed by atoms with Gasteiger partial charge in [-0.05, 0) is 24.3 Å². The number of rotatable bonds is 3. The molecule has 78 valence electrons. The van der Waals surface area contributed by atoms with Crippen molar-refractivity contribution in [2.45, 2.75) is 6.54 Å². The molecule has 0 aliphatic heterocycles. The lowest BCUT2D eigenvalue weighted by Gasteiger charge is -1.95. The molecule has 2 aromatic rings. The smallest absolute Gasteiger partial charge is 0.181 e. The van der Waals surface area contributed by atoms with E-state index in [1.807, 2.05) is 0 Å². The highest BCUT2D eigenvalue weighted by Gasteiger charge is 2.03. The molecule has 15 heavy (non-hydrogen) atoms. The molecule has 0 fully saturated rings. The molecular weight excluding hydrogens is 195 g/mol. The van der Waals surface area contributed by atoms with Crippen molar-refractivity contribution in [2.24, 2.45) is 5.73 Å². The topological polar surface area (TPSA) is 56.7 Å². The van der Waals surface area contributed by atoms with Gasteiger partial charge in [0, 0.05) is 12.1 Å². The summed E-state index contributed by atoms with van der Waals surface area (Å²) in [6.45, 7) is 1.15. The highest BCUT2D eigenvalue weighted by molar-refractivity contribution is 5.53. The Hall–Kier alpha value is -1.75. The fraction of sp³-hybridized carbons (Fsp3) is 0.200. The molecule has 0 saturated heterocycles. The van der Waals surface area contributed by atoms with Crippen LogP contribution in [0.5, 0.6) is 0 Å². The number of nitrogens with two attached hydrogens (primary N) is 1. The summed E-state index contributed by atoms with van der Waals surface area (Å²) in [5.74, 6) is 0.323. The van der Waals surface area contributed by atoms with Gasteiger partial charge in [-0.1, -0.05) is 0 Å². The van der Waals surface area contributed by atoms with Crippen LogP contribution in [0.1, 0.15) is 0 Å². The summed E-state index contributed by atoms with van der Waals surface area (Å²) in [6, 6.07) is 6.08. The van der Waals surface area contributed by atoms with Gasteiger partial charge in [-0.3, -0.25) is 4.68 Å². The van der Waals surface area contributed by atoms with Crippen LogP contribution in [0.2, 0.25) is 0 Å². The second-order valence-electron chi connectivity index (χ2n) is 3.13. The molecule has 0 bridgehead atoms. The van der Waals surface area contributed by atoms with Crippen LogP contribution in [-0.4, -0.2) is 21.3 Å². The lowest BCUT2D eigenvalue weighted by Crippen LogP contribution is -2.10. The summed E-state index contributed by atoms with van der Waals surface area (Å²) in [5.41, 5.74) is 6.19. The first-order valence-corrected chi connectivity index (χ1v) is 4.65. The molecular formula is C10H11FN4. The van der Waals surface area contributed by atoms with E-state index in [9.17, 15) is 4.39 Å². The average molecular weight is 206 g/mol. The van der Waals surface area contributed by atoms with Crippen LogP contribution in [0.4, 0.5) is 4.39 Å². The van der Waals surface area contributed by atoms with Gasteiger partial charge in [0.1, 0.15) is 12.1 Å². The van der Waals surface area contributed by atoms with Crippen molar-refractivity contribution >= 4 is 0 Å². The van der Waals surface area contributed by atoms with E-state index in [1.54, 1.807) is 23.1 Å². The predicted molar refractivity (Wildman–Crippen MR) is 54.5 cm³/mol. The van der Waals surface area contributed by atoms with E-state index in [2.05, 4.69) is 10.1 Å². The molecule has 0 aliphatic carbocycles. The van der Waals surface area contributed by atoms with Crippen molar-refractivity contribution in [1.29, 1.82) is 0 Å². The first kappa shape index (κ1) is 9.79. The van der Waals surface area contributed by atoms with Crippen molar-refractivity contribution in [3.8, 4) is 11.4 Å². The molecule has 0 aliphatic rings. The van der Waals surface area contributed by atoms with E-state index >= 15 is 0 Å². The van der Waals surface area contributed by atoms with Gasteiger partial charge in [0.2, 0.25) is 0 Å². The SMILES string of the molecule is NCCn1cnc(-c2ccc(F)cc2)n1. The third-order valence-electron chi connectivity index (χ3n) is 2.00. The first-order valence-electron chi connectivity index (χ1n) is 4.65. The minimum Gasteiger partial charge on any atom is -0.329 e. The van der Waals surface area contributed by atoms with Crippen LogP contribution in [0.25, 0.3) is 11.4 Å². The zero-order valence-corrected chi connectivity index (χ0v) is 8.10. The lowest BCUT2D eigenvalue weighted by molar-refractivity contribution is 0.624. The van der Waals surface area contributed by atoms with Crippen LogP contribution in [-0.2, 0) is 6.54 Å². The molecule has 0 amide bonds. The minimum absolute atomic E-state index is 0.264. The van der Waals surface area contributed by atoms with Crippen LogP contribution in [0.3, 0.4) is 0 Å². The summed E-state index contributed by atoms with van der Waals surface area (Å²) in [7, 11) is 0. The van der Waals surface area contributed by atoms with Gasteiger partial charge < -0.3 is 5.73 Å². The Morgan fingerprint density at radius 1 is 1.27 bits per heavy atom. The second-order valence-corrected chi connectivity index (χ2v) is 3.13. The van der Waals surface area contributed by atoms with Crippen LogP contribution in [0.15, 0.2) is 30.6 Å². The maximum Gasteiger partial charge on any atom is 0.181 e. The van der Waals surface area contributed by atoms with Crippen molar-refractivity contribution < 1.29 is 4.39 Å². The molecule has 0 radical (unpaired) electrons. The van der Waals surface area contributed by atoms with Crippen molar-refractivity contribution in [2.75, 3.05) is 6.54 Å². The Morgan fingerprint density at radius 3 is 2.67 bits per heavy atom. The Morgan fingerprint density at radius 2 is 2.00 bits per heavy atom. The van der Waals surface area contributed by atoms with Gasteiger partial charge in [0.05, 0.1) is 6.54 Å². The van der Waals surface area contributed by atoms with Crippen molar-refractivity contribution in [3.63, 3.8) is 0 Å². The molecule has 5 heteroatoms. The first-order chi connectivity index (χ1) is 7.29. The fourth-order valence-electron chi connectivity index (χ4n) is 1.27. The quantitative estimate of drug-likeness (QED) is 0.816. The van der Waals surface area contributed by atoms with Crippen molar-refractivity contribution in [3.05, 3.63) is 36.4 Å². The molecule has 0 spiro atoms. The summed E-state index contributed by atoms with van der Waals surface area (Å²) >= 11 is 0. The summed E-state index contributed by atoms with van der Waals surface area (Å²) < 4.78 is 14.3. The molecule has 2 N–H and O–H groups in total. The molecule has 2 rings (SSSR count). The van der Waals surface area contributed by atoms with Crippen molar-refractivity contribution in [1.82, 2.24) is 14.8 Å². The van der Waals surface area contributed by atoms with Gasteiger partial charge in [0.25, 0.3) is 0 Å². The number of hydrogen-bond acceptors (Lipinski definition) is 3. The highest BCUT2D eigenvalue weighted by atomic mass is 19.1. The Kier molecular flexibility index (Phi) is 2.73. The molecule has 4 nitrogen and oxygen atoms in total. The monoisotopic (exact) mass is 206 g/mol. The summed E-state index contributed by atoms with van der Waals surface area (Å²) in [6.07, 6.45) is 1.62. The zero-order chi connectivity index (χ0) is 10.7. The minimum atomic E-state index is -0.264. The second kappa shape index (κ2) is 4.18. The van der Waals surface area contributed by atoms with Gasteiger partial charge >= 0.3 is 0 Å². The summed E-state index contributed by atoms with van der Waals surface area (Å²) in [4.78, 5) is 4.11. The normalized spacial score (nSPS) is 10.5. The maximum atomic E-state index is 12.7. The number of benzene rings is 1. The van der Waals surface area contributed by atoms with E-state index < -0.39 is 0 Å². The highest BCUT2D eigenvalue weighted by Crippen LogP contribution is 2.14. The molecule has 0 saturated carbocycles. The third kappa shape index (κ3) is 2.19. The van der Waals surface area contributed by atoms with Crippen LogP contribution >= 0.6 is 0 Å². The Balaban J connectivity index is 2.25. The van der Waals surface area contributed by atoms with Gasteiger partial charge in [-0.25, -0.2) is 9.37 Å². The lowest BCUT2D eigenvalue weighted by atomic mass is 10.2. The molecule has 0 unspecified atom stereocenters. The maximum absolute atomic E-state index is 12.7. The van der Waals surface area contributed by atoms with Gasteiger partial charge in [-0.15, -0.1) is 0 Å². The van der Waals surface area contributed by atoms with Gasteiger partial charge in [0.15, 0.2) is 5.82 Å². The molecule has 1 aromatic heterocycles. The van der Waals surface area contributed by atoms with E-state index in [0.29, 0.717) is 18.9 Å². The predicted octanol–water partition coefficient (Wildman–Crippen LogP) is 1.04. The standard InChI is InChI=1S/C10H11FN4/c11-9-3-1-8(2-4-9)10-13-7-15(14-10)6-5-12/h1-4,7H,5-6,12H2. The van der Waals surface area contributed by atoms with E-state index in [4.69, 9.17) is 5.73 Å². The number of nitrogens with zero attached hydrogens (tertiary/aromatic N) is 3. The van der Waals surface area contributed by atoms with E-state index in [0.717, 1.165) is 5.56 Å². The Bertz CT molecular complexity index is 435. The molecule has 0 atom stereocenters. The Labute approximate surface area is 86.6 Å². The fourth-order valence-corrected chi connectivity index (χ4v) is 1.27. The third-order valence-corrected chi connectivity index (χ3v) is 2.00. The summed E-state index contributed by atoms with van der Waals surface area (Å²) in [5, 5.41) is 4.20. The van der Waals surface area contributed by atoms with E-state index in [-0.39, 0.29) is 5.82 Å². The number of aromatic nitrogens is 3. The number of hydrogen-bond donors (Lipinski definition) is 1. The van der Waals surface area contributed by atoms with Crippen LogP contribution < -0.4 is 5.73 Å². The molecule has 1 aromatic carbocycles.